The predicted octanol–water partition coefficient (Wildman–Crippen LogP) is 1.51. The highest BCUT2D eigenvalue weighted by molar-refractivity contribution is 6.31. The standard InChI is InChI=1S/C10H14ClNO2/c1-10(13,6-12)8-4-3-7(14-2)5-9(8)11/h3-5,13H,6,12H2,1-2H3. The summed E-state index contributed by atoms with van der Waals surface area (Å²) in [5, 5.41) is 10.3. The third-order valence-electron chi connectivity index (χ3n) is 2.15. The lowest BCUT2D eigenvalue weighted by Crippen LogP contribution is -2.31. The molecule has 78 valence electrons. The zero-order valence-electron chi connectivity index (χ0n) is 8.25. The monoisotopic (exact) mass is 215 g/mol. The van der Waals surface area contributed by atoms with E-state index in [1.54, 1.807) is 32.2 Å². The number of halogens is 1. The number of hydrogen-bond donors (Lipinski definition) is 2. The van der Waals surface area contributed by atoms with Crippen LogP contribution in [0.3, 0.4) is 0 Å². The van der Waals surface area contributed by atoms with Crippen molar-refractivity contribution in [3.05, 3.63) is 28.8 Å². The van der Waals surface area contributed by atoms with Crippen molar-refractivity contribution in [2.24, 2.45) is 5.73 Å². The van der Waals surface area contributed by atoms with Crippen LogP contribution in [0.1, 0.15) is 12.5 Å². The summed E-state index contributed by atoms with van der Waals surface area (Å²) < 4.78 is 5.00. The van der Waals surface area contributed by atoms with Crippen molar-refractivity contribution in [1.29, 1.82) is 0 Å². The van der Waals surface area contributed by atoms with Gasteiger partial charge in [0.1, 0.15) is 11.4 Å². The number of nitrogens with two attached hydrogens (primary N) is 1. The van der Waals surface area contributed by atoms with Gasteiger partial charge in [-0.25, -0.2) is 0 Å². The molecule has 1 aromatic carbocycles. The van der Waals surface area contributed by atoms with Crippen LogP contribution in [0.5, 0.6) is 5.75 Å². The molecule has 1 aromatic rings. The number of methoxy groups -OCH3 is 1. The Kier molecular flexibility index (Phi) is 3.37. The Morgan fingerprint density at radius 3 is 2.64 bits per heavy atom. The maximum absolute atomic E-state index is 9.89. The van der Waals surface area contributed by atoms with E-state index in [1.807, 2.05) is 0 Å². The number of aliphatic hydroxyl groups is 1. The molecule has 0 fully saturated rings. The SMILES string of the molecule is COc1ccc(C(C)(O)CN)c(Cl)c1. The molecule has 0 heterocycles. The van der Waals surface area contributed by atoms with E-state index < -0.39 is 5.60 Å². The molecule has 3 nitrogen and oxygen atoms in total. The number of rotatable bonds is 3. The molecule has 0 aliphatic rings. The van der Waals surface area contributed by atoms with Gasteiger partial charge in [-0.3, -0.25) is 0 Å². The zero-order chi connectivity index (χ0) is 10.8. The second-order valence-corrected chi connectivity index (χ2v) is 3.73. The number of ether oxygens (including phenoxy) is 1. The molecule has 0 saturated heterocycles. The lowest BCUT2D eigenvalue weighted by molar-refractivity contribution is 0.0669. The molecule has 4 heteroatoms. The van der Waals surface area contributed by atoms with Crippen LogP contribution >= 0.6 is 11.6 Å². The van der Waals surface area contributed by atoms with E-state index in [0.717, 1.165) is 0 Å². The largest absolute Gasteiger partial charge is 0.497 e. The predicted molar refractivity (Wildman–Crippen MR) is 56.6 cm³/mol. The summed E-state index contributed by atoms with van der Waals surface area (Å²) in [6.07, 6.45) is 0. The Morgan fingerprint density at radius 1 is 1.57 bits per heavy atom. The molecule has 0 spiro atoms. The van der Waals surface area contributed by atoms with Gasteiger partial charge in [0.05, 0.1) is 12.1 Å². The van der Waals surface area contributed by atoms with Crippen molar-refractivity contribution in [3.8, 4) is 5.75 Å². The lowest BCUT2D eigenvalue weighted by Gasteiger charge is -2.23. The van der Waals surface area contributed by atoms with Crippen LogP contribution in [0.4, 0.5) is 0 Å². The van der Waals surface area contributed by atoms with Gasteiger partial charge in [0.2, 0.25) is 0 Å². The molecule has 1 atom stereocenters. The molecule has 0 aromatic heterocycles. The average molecular weight is 216 g/mol. The first-order valence-electron chi connectivity index (χ1n) is 4.27. The summed E-state index contributed by atoms with van der Waals surface area (Å²) in [6.45, 7) is 1.75. The fraction of sp³-hybridized carbons (Fsp3) is 0.400. The quantitative estimate of drug-likeness (QED) is 0.804. The van der Waals surface area contributed by atoms with Gasteiger partial charge in [0.15, 0.2) is 0 Å². The van der Waals surface area contributed by atoms with Gasteiger partial charge in [0, 0.05) is 12.1 Å². The lowest BCUT2D eigenvalue weighted by atomic mass is 9.96. The van der Waals surface area contributed by atoms with E-state index in [9.17, 15) is 5.11 Å². The number of hydrogen-bond acceptors (Lipinski definition) is 3. The normalized spacial score (nSPS) is 14.9. The van der Waals surface area contributed by atoms with Crippen molar-refractivity contribution in [1.82, 2.24) is 0 Å². The average Bonchev–Trinajstić information content (AvgIpc) is 2.17. The molecular weight excluding hydrogens is 202 g/mol. The molecule has 0 bridgehead atoms. The van der Waals surface area contributed by atoms with Crippen LogP contribution < -0.4 is 10.5 Å². The summed E-state index contributed by atoms with van der Waals surface area (Å²) in [5.74, 6) is 0.659. The van der Waals surface area contributed by atoms with Gasteiger partial charge < -0.3 is 15.6 Å². The Morgan fingerprint density at radius 2 is 2.21 bits per heavy atom. The fourth-order valence-corrected chi connectivity index (χ4v) is 1.54. The second-order valence-electron chi connectivity index (χ2n) is 3.32. The van der Waals surface area contributed by atoms with Gasteiger partial charge in [-0.2, -0.15) is 0 Å². The Labute approximate surface area is 88.4 Å². The first kappa shape index (κ1) is 11.3. The summed E-state index contributed by atoms with van der Waals surface area (Å²) >= 11 is 5.98. The van der Waals surface area contributed by atoms with Crippen LogP contribution in [-0.4, -0.2) is 18.8 Å². The zero-order valence-corrected chi connectivity index (χ0v) is 9.01. The van der Waals surface area contributed by atoms with E-state index in [0.29, 0.717) is 16.3 Å². The minimum absolute atomic E-state index is 0.124. The molecule has 0 radical (unpaired) electrons. The highest BCUT2D eigenvalue weighted by Gasteiger charge is 2.23. The van der Waals surface area contributed by atoms with Crippen LogP contribution in [0, 0.1) is 0 Å². The molecule has 0 aliphatic carbocycles. The van der Waals surface area contributed by atoms with Crippen LogP contribution in [0.15, 0.2) is 18.2 Å². The highest BCUT2D eigenvalue weighted by Crippen LogP contribution is 2.30. The van der Waals surface area contributed by atoms with Gasteiger partial charge in [0.25, 0.3) is 0 Å². The topological polar surface area (TPSA) is 55.5 Å². The van der Waals surface area contributed by atoms with Gasteiger partial charge in [-0.15, -0.1) is 0 Å². The fourth-order valence-electron chi connectivity index (χ4n) is 1.17. The maximum atomic E-state index is 9.89. The highest BCUT2D eigenvalue weighted by atomic mass is 35.5. The molecule has 3 N–H and O–H groups in total. The summed E-state index contributed by atoms with van der Waals surface area (Å²) in [5.41, 5.74) is 4.96. The minimum Gasteiger partial charge on any atom is -0.497 e. The third-order valence-corrected chi connectivity index (χ3v) is 2.47. The molecular formula is C10H14ClNO2. The molecule has 0 saturated carbocycles. The Bertz CT molecular complexity index is 326. The number of benzene rings is 1. The van der Waals surface area contributed by atoms with Crippen LogP contribution in [0.25, 0.3) is 0 Å². The minimum atomic E-state index is -1.09. The summed E-state index contributed by atoms with van der Waals surface area (Å²) in [6, 6.07) is 5.11. The van der Waals surface area contributed by atoms with Crippen molar-refractivity contribution in [2.45, 2.75) is 12.5 Å². The Hall–Kier alpha value is -0.770. The maximum Gasteiger partial charge on any atom is 0.120 e. The third kappa shape index (κ3) is 2.18. The molecule has 0 amide bonds. The molecule has 1 unspecified atom stereocenters. The molecule has 1 rings (SSSR count). The smallest absolute Gasteiger partial charge is 0.120 e. The van der Waals surface area contributed by atoms with Crippen LogP contribution in [0.2, 0.25) is 5.02 Å². The van der Waals surface area contributed by atoms with Crippen molar-refractivity contribution in [2.75, 3.05) is 13.7 Å². The van der Waals surface area contributed by atoms with Gasteiger partial charge in [-0.1, -0.05) is 17.7 Å². The van der Waals surface area contributed by atoms with Crippen LogP contribution in [-0.2, 0) is 5.60 Å². The second kappa shape index (κ2) is 4.17. The van der Waals surface area contributed by atoms with Crippen molar-refractivity contribution >= 4 is 11.6 Å². The van der Waals surface area contributed by atoms with E-state index in [4.69, 9.17) is 22.1 Å². The van der Waals surface area contributed by atoms with E-state index in [-0.39, 0.29) is 6.54 Å². The first-order valence-corrected chi connectivity index (χ1v) is 4.65. The van der Waals surface area contributed by atoms with E-state index in [1.165, 1.54) is 0 Å². The van der Waals surface area contributed by atoms with Gasteiger partial charge >= 0.3 is 0 Å². The van der Waals surface area contributed by atoms with Crippen molar-refractivity contribution < 1.29 is 9.84 Å². The van der Waals surface area contributed by atoms with E-state index >= 15 is 0 Å². The van der Waals surface area contributed by atoms with Crippen molar-refractivity contribution in [3.63, 3.8) is 0 Å². The molecule has 14 heavy (non-hydrogen) atoms. The molecule has 0 aliphatic heterocycles. The Balaban J connectivity index is 3.12. The van der Waals surface area contributed by atoms with E-state index in [2.05, 4.69) is 0 Å². The first-order chi connectivity index (χ1) is 6.51. The summed E-state index contributed by atoms with van der Waals surface area (Å²) in [7, 11) is 1.56. The summed E-state index contributed by atoms with van der Waals surface area (Å²) in [4.78, 5) is 0. The van der Waals surface area contributed by atoms with Gasteiger partial charge in [-0.05, 0) is 19.1 Å².